The van der Waals surface area contributed by atoms with Crippen LogP contribution in [0, 0.1) is 0 Å². The molecule has 0 spiro atoms. The van der Waals surface area contributed by atoms with Gasteiger partial charge in [-0.15, -0.1) is 0 Å². The van der Waals surface area contributed by atoms with Gasteiger partial charge in [0.2, 0.25) is 0 Å². The Kier molecular flexibility index (Phi) is 5.19. The van der Waals surface area contributed by atoms with Crippen LogP contribution in [-0.4, -0.2) is 43.0 Å². The Morgan fingerprint density at radius 1 is 1.35 bits per heavy atom. The molecule has 6 nitrogen and oxygen atoms in total. The molecule has 0 N–H and O–H groups in total. The van der Waals surface area contributed by atoms with Gasteiger partial charge < -0.3 is 14.5 Å². The lowest BCUT2D eigenvalue weighted by Gasteiger charge is -2.30. The molecule has 0 unspecified atom stereocenters. The second kappa shape index (κ2) is 6.95. The maximum atomic E-state index is 12.9. The summed E-state index contributed by atoms with van der Waals surface area (Å²) < 4.78 is 44.0. The molecule has 1 aromatic heterocycles. The number of anilines is 1. The first-order chi connectivity index (χ1) is 10.8. The van der Waals surface area contributed by atoms with Gasteiger partial charge >= 0.3 is 12.1 Å². The molecule has 0 saturated carbocycles. The second-order valence-electron chi connectivity index (χ2n) is 4.95. The van der Waals surface area contributed by atoms with E-state index < -0.39 is 17.7 Å². The van der Waals surface area contributed by atoms with Gasteiger partial charge in [-0.2, -0.15) is 13.2 Å². The van der Waals surface area contributed by atoms with Crippen LogP contribution in [0.25, 0.3) is 0 Å². The van der Waals surface area contributed by atoms with Crippen LogP contribution in [0.5, 0.6) is 0 Å². The molecule has 9 heteroatoms. The number of morpholine rings is 1. The van der Waals surface area contributed by atoms with E-state index in [1.165, 1.54) is 13.8 Å². The fraction of sp³-hybridized carbons (Fsp3) is 0.500. The highest BCUT2D eigenvalue weighted by molar-refractivity contribution is 6.01. The minimum absolute atomic E-state index is 0.218. The van der Waals surface area contributed by atoms with Crippen LogP contribution in [0.15, 0.2) is 17.4 Å². The summed E-state index contributed by atoms with van der Waals surface area (Å²) in [6.45, 7) is 4.40. The lowest BCUT2D eigenvalue weighted by Crippen LogP contribution is -2.37. The normalized spacial score (nSPS) is 16.4. The van der Waals surface area contributed by atoms with E-state index in [0.717, 1.165) is 12.3 Å². The maximum Gasteiger partial charge on any atom is 0.417 e. The fourth-order valence-corrected chi connectivity index (χ4v) is 2.11. The van der Waals surface area contributed by atoms with Gasteiger partial charge in [-0.25, -0.2) is 4.79 Å². The smallest absolute Gasteiger partial charge is 0.378 e. The summed E-state index contributed by atoms with van der Waals surface area (Å²) in [5.41, 5.74) is -0.101. The Hall–Kier alpha value is -2.16. The monoisotopic (exact) mass is 331 g/mol. The molecule has 1 fully saturated rings. The topological polar surface area (TPSA) is 64.0 Å². The average Bonchev–Trinajstić information content (AvgIpc) is 2.52. The molecular weight excluding hydrogens is 315 g/mol. The lowest BCUT2D eigenvalue weighted by molar-refractivity contribution is -0.141. The van der Waals surface area contributed by atoms with Crippen LogP contribution in [0.4, 0.5) is 18.9 Å². The SMILES string of the molecule is CC(=O)ON=C(C)c1ncc(C(F)(F)F)cc1N1CCOCC1. The van der Waals surface area contributed by atoms with E-state index in [0.29, 0.717) is 26.3 Å². The number of rotatable bonds is 3. The molecule has 0 bridgehead atoms. The zero-order valence-corrected chi connectivity index (χ0v) is 12.7. The zero-order valence-electron chi connectivity index (χ0n) is 12.7. The van der Waals surface area contributed by atoms with Gasteiger partial charge in [-0.3, -0.25) is 4.98 Å². The number of alkyl halides is 3. The number of carbonyl (C=O) groups is 1. The van der Waals surface area contributed by atoms with E-state index in [4.69, 9.17) is 4.74 Å². The third-order valence-corrected chi connectivity index (χ3v) is 3.20. The van der Waals surface area contributed by atoms with Crippen molar-refractivity contribution in [2.45, 2.75) is 20.0 Å². The number of halogens is 3. The number of carbonyl (C=O) groups excluding carboxylic acids is 1. The van der Waals surface area contributed by atoms with Crippen molar-refractivity contribution >= 4 is 17.4 Å². The molecule has 0 aromatic carbocycles. The first kappa shape index (κ1) is 17.2. The summed E-state index contributed by atoms with van der Waals surface area (Å²) in [7, 11) is 0. The second-order valence-corrected chi connectivity index (χ2v) is 4.95. The molecule has 2 heterocycles. The molecule has 1 aromatic rings. The fourth-order valence-electron chi connectivity index (χ4n) is 2.11. The number of ether oxygens (including phenoxy) is 1. The van der Waals surface area contributed by atoms with E-state index in [9.17, 15) is 18.0 Å². The van der Waals surface area contributed by atoms with Crippen LogP contribution < -0.4 is 4.90 Å². The van der Waals surface area contributed by atoms with E-state index in [-0.39, 0.29) is 17.1 Å². The third kappa shape index (κ3) is 4.41. The van der Waals surface area contributed by atoms with Gasteiger partial charge in [0.1, 0.15) is 11.4 Å². The van der Waals surface area contributed by atoms with Crippen LogP contribution in [0.1, 0.15) is 25.1 Å². The molecule has 126 valence electrons. The predicted octanol–water partition coefficient (Wildman–Crippen LogP) is 2.22. The molecule has 23 heavy (non-hydrogen) atoms. The number of hydrogen-bond acceptors (Lipinski definition) is 6. The summed E-state index contributed by atoms with van der Waals surface area (Å²) in [4.78, 5) is 21.0. The molecule has 0 amide bonds. The van der Waals surface area contributed by atoms with Gasteiger partial charge in [0.05, 0.1) is 24.5 Å². The highest BCUT2D eigenvalue weighted by Crippen LogP contribution is 2.33. The largest absolute Gasteiger partial charge is 0.417 e. The molecule has 1 aliphatic heterocycles. The van der Waals surface area contributed by atoms with Crippen LogP contribution in [-0.2, 0) is 20.5 Å². The van der Waals surface area contributed by atoms with Crippen molar-refractivity contribution in [3.05, 3.63) is 23.5 Å². The molecule has 0 radical (unpaired) electrons. The number of oxime groups is 1. The summed E-state index contributed by atoms with van der Waals surface area (Å²) in [5, 5.41) is 3.61. The van der Waals surface area contributed by atoms with Crippen LogP contribution in [0.2, 0.25) is 0 Å². The summed E-state index contributed by atoms with van der Waals surface area (Å²) >= 11 is 0. The first-order valence-electron chi connectivity index (χ1n) is 6.91. The van der Waals surface area contributed by atoms with Crippen molar-refractivity contribution < 1.29 is 27.5 Å². The first-order valence-corrected chi connectivity index (χ1v) is 6.91. The van der Waals surface area contributed by atoms with E-state index >= 15 is 0 Å². The van der Waals surface area contributed by atoms with E-state index in [1.807, 2.05) is 0 Å². The summed E-state index contributed by atoms with van der Waals surface area (Å²) in [6.07, 6.45) is -3.75. The van der Waals surface area contributed by atoms with Gasteiger partial charge in [0.15, 0.2) is 0 Å². The Balaban J connectivity index is 2.43. The highest BCUT2D eigenvalue weighted by atomic mass is 19.4. The molecule has 0 aliphatic carbocycles. The quantitative estimate of drug-likeness (QED) is 0.483. The Bertz CT molecular complexity index is 611. The average molecular weight is 331 g/mol. The van der Waals surface area contributed by atoms with Crippen molar-refractivity contribution in [2.75, 3.05) is 31.2 Å². The molecule has 1 saturated heterocycles. The van der Waals surface area contributed by atoms with Crippen molar-refractivity contribution in [1.82, 2.24) is 4.98 Å². The van der Waals surface area contributed by atoms with Gasteiger partial charge in [-0.1, -0.05) is 5.16 Å². The number of hydrogen-bond donors (Lipinski definition) is 0. The minimum Gasteiger partial charge on any atom is -0.378 e. The predicted molar refractivity (Wildman–Crippen MR) is 76.2 cm³/mol. The van der Waals surface area contributed by atoms with Gasteiger partial charge in [-0.05, 0) is 13.0 Å². The minimum atomic E-state index is -4.49. The van der Waals surface area contributed by atoms with Gasteiger partial charge in [0.25, 0.3) is 0 Å². The van der Waals surface area contributed by atoms with E-state index in [1.54, 1.807) is 4.90 Å². The summed E-state index contributed by atoms with van der Waals surface area (Å²) in [6, 6.07) is 1.03. The zero-order chi connectivity index (χ0) is 17.0. The van der Waals surface area contributed by atoms with Crippen molar-refractivity contribution in [1.29, 1.82) is 0 Å². The number of nitrogens with zero attached hydrogens (tertiary/aromatic N) is 3. The summed E-state index contributed by atoms with van der Waals surface area (Å²) in [5.74, 6) is -0.621. The Morgan fingerprint density at radius 3 is 2.57 bits per heavy atom. The number of pyridine rings is 1. The number of aromatic nitrogens is 1. The molecule has 0 atom stereocenters. The van der Waals surface area contributed by atoms with Crippen LogP contribution >= 0.6 is 0 Å². The molecule has 2 rings (SSSR count). The van der Waals surface area contributed by atoms with Crippen molar-refractivity contribution in [2.24, 2.45) is 5.16 Å². The third-order valence-electron chi connectivity index (χ3n) is 3.20. The Labute approximate surface area is 130 Å². The van der Waals surface area contributed by atoms with Crippen molar-refractivity contribution in [3.63, 3.8) is 0 Å². The van der Waals surface area contributed by atoms with Gasteiger partial charge in [0, 0.05) is 26.2 Å². The standard InChI is InChI=1S/C14H16F3N3O3/c1-9(19-23-10(2)21)13-12(20-3-5-22-6-4-20)7-11(8-18-13)14(15,16)17/h7-8H,3-6H2,1-2H3. The molecular formula is C14H16F3N3O3. The lowest BCUT2D eigenvalue weighted by atomic mass is 10.1. The van der Waals surface area contributed by atoms with Crippen LogP contribution in [0.3, 0.4) is 0 Å². The highest BCUT2D eigenvalue weighted by Gasteiger charge is 2.33. The van der Waals surface area contributed by atoms with E-state index in [2.05, 4.69) is 15.0 Å². The Morgan fingerprint density at radius 2 is 2.00 bits per heavy atom. The maximum absolute atomic E-state index is 12.9. The molecule has 1 aliphatic rings. The van der Waals surface area contributed by atoms with Crippen molar-refractivity contribution in [3.8, 4) is 0 Å².